The first-order chi connectivity index (χ1) is 15.8. The fraction of sp³-hybridized carbons (Fsp3) is 0.645. The molecule has 1 aromatic heterocycles. The molecule has 0 spiro atoms. The van der Waals surface area contributed by atoms with Crippen molar-refractivity contribution < 1.29 is 0 Å². The van der Waals surface area contributed by atoms with Crippen molar-refractivity contribution in [3.05, 3.63) is 53.7 Å². The standard InChI is InChI=1S/C31H47N/c1-3-5-7-8-10-13-29-20-23-31(32-25-29)30-21-18-26(19-22-30)16-17-28-15-11-14-27(24-28)12-9-6-4-2/h18-23,25,27-28H,3-17,24H2,1-2H3. The Balaban J connectivity index is 1.41. The predicted octanol–water partition coefficient (Wildman–Crippen LogP) is 9.58. The molecule has 1 fully saturated rings. The molecule has 1 heterocycles. The highest BCUT2D eigenvalue weighted by molar-refractivity contribution is 5.59. The summed E-state index contributed by atoms with van der Waals surface area (Å²) in [6, 6.07) is 13.7. The minimum Gasteiger partial charge on any atom is -0.256 e. The molecule has 1 aliphatic rings. The first-order valence-corrected chi connectivity index (χ1v) is 13.8. The lowest BCUT2D eigenvalue weighted by Crippen LogP contribution is -2.16. The van der Waals surface area contributed by atoms with Gasteiger partial charge in [-0.3, -0.25) is 4.98 Å². The van der Waals surface area contributed by atoms with Gasteiger partial charge in [-0.15, -0.1) is 0 Å². The Hall–Kier alpha value is -1.63. The lowest BCUT2D eigenvalue weighted by Gasteiger charge is -2.29. The van der Waals surface area contributed by atoms with E-state index < -0.39 is 0 Å². The van der Waals surface area contributed by atoms with Gasteiger partial charge in [0.05, 0.1) is 5.69 Å². The normalized spacial score (nSPS) is 18.7. The number of rotatable bonds is 14. The Kier molecular flexibility index (Phi) is 11.3. The quantitative estimate of drug-likeness (QED) is 0.270. The summed E-state index contributed by atoms with van der Waals surface area (Å²) in [5, 5.41) is 0. The largest absolute Gasteiger partial charge is 0.256 e. The van der Waals surface area contributed by atoms with E-state index in [4.69, 9.17) is 4.98 Å². The number of unbranched alkanes of at least 4 members (excludes halogenated alkanes) is 6. The smallest absolute Gasteiger partial charge is 0.0702 e. The predicted molar refractivity (Wildman–Crippen MR) is 140 cm³/mol. The van der Waals surface area contributed by atoms with E-state index in [0.717, 1.165) is 24.0 Å². The van der Waals surface area contributed by atoms with Crippen molar-refractivity contribution in [1.29, 1.82) is 0 Å². The Morgan fingerprint density at radius 2 is 1.38 bits per heavy atom. The Labute approximate surface area is 198 Å². The molecule has 1 saturated carbocycles. The van der Waals surface area contributed by atoms with Gasteiger partial charge in [0.25, 0.3) is 0 Å². The molecule has 32 heavy (non-hydrogen) atoms. The molecule has 0 amide bonds. The highest BCUT2D eigenvalue weighted by atomic mass is 14.7. The average molecular weight is 434 g/mol. The first-order valence-electron chi connectivity index (χ1n) is 13.8. The molecule has 1 heteroatoms. The van der Waals surface area contributed by atoms with Gasteiger partial charge in [-0.2, -0.15) is 0 Å². The third-order valence-electron chi connectivity index (χ3n) is 7.59. The third-order valence-corrected chi connectivity index (χ3v) is 7.59. The first kappa shape index (κ1) is 25.0. The van der Waals surface area contributed by atoms with Gasteiger partial charge in [-0.25, -0.2) is 0 Å². The molecule has 0 aliphatic heterocycles. The lowest BCUT2D eigenvalue weighted by atomic mass is 9.77. The second-order valence-electron chi connectivity index (χ2n) is 10.3. The molecule has 3 rings (SSSR count). The summed E-state index contributed by atoms with van der Waals surface area (Å²) in [5.41, 5.74) is 5.22. The van der Waals surface area contributed by atoms with E-state index in [2.05, 4.69) is 56.4 Å². The van der Waals surface area contributed by atoms with Crippen LogP contribution < -0.4 is 0 Å². The minimum atomic E-state index is 0.950. The summed E-state index contributed by atoms with van der Waals surface area (Å²) in [4.78, 5) is 4.75. The zero-order valence-electron chi connectivity index (χ0n) is 21.0. The van der Waals surface area contributed by atoms with Crippen LogP contribution in [0.2, 0.25) is 0 Å². The zero-order chi connectivity index (χ0) is 22.4. The van der Waals surface area contributed by atoms with Crippen molar-refractivity contribution in [3.63, 3.8) is 0 Å². The monoisotopic (exact) mass is 433 g/mol. The van der Waals surface area contributed by atoms with Gasteiger partial charge < -0.3 is 0 Å². The minimum absolute atomic E-state index is 0.950. The number of benzene rings is 1. The van der Waals surface area contributed by atoms with Crippen LogP contribution in [-0.4, -0.2) is 4.98 Å². The number of aromatic nitrogens is 1. The molecule has 1 aliphatic carbocycles. The number of nitrogens with zero attached hydrogens (tertiary/aromatic N) is 1. The highest BCUT2D eigenvalue weighted by Crippen LogP contribution is 2.35. The van der Waals surface area contributed by atoms with Gasteiger partial charge >= 0.3 is 0 Å². The number of aryl methyl sites for hydroxylation is 2. The van der Waals surface area contributed by atoms with Crippen molar-refractivity contribution in [2.45, 2.75) is 117 Å². The highest BCUT2D eigenvalue weighted by Gasteiger charge is 2.21. The zero-order valence-corrected chi connectivity index (χ0v) is 21.0. The third kappa shape index (κ3) is 8.72. The maximum Gasteiger partial charge on any atom is 0.0702 e. The summed E-state index contributed by atoms with van der Waals surface area (Å²) in [6.07, 6.45) is 24.1. The van der Waals surface area contributed by atoms with Gasteiger partial charge in [-0.1, -0.05) is 115 Å². The Morgan fingerprint density at radius 1 is 0.688 bits per heavy atom. The van der Waals surface area contributed by atoms with Crippen molar-refractivity contribution >= 4 is 0 Å². The van der Waals surface area contributed by atoms with E-state index in [1.54, 1.807) is 0 Å². The second kappa shape index (κ2) is 14.5. The van der Waals surface area contributed by atoms with Gasteiger partial charge in [0.15, 0.2) is 0 Å². The molecule has 2 aromatic rings. The van der Waals surface area contributed by atoms with E-state index >= 15 is 0 Å². The van der Waals surface area contributed by atoms with Crippen molar-refractivity contribution in [2.24, 2.45) is 11.8 Å². The number of pyridine rings is 1. The van der Waals surface area contributed by atoms with Crippen LogP contribution in [0.4, 0.5) is 0 Å². The Bertz CT molecular complexity index is 730. The summed E-state index contributed by atoms with van der Waals surface area (Å²) in [5.74, 6) is 1.96. The molecule has 2 atom stereocenters. The topological polar surface area (TPSA) is 12.9 Å². The number of hydrogen-bond donors (Lipinski definition) is 0. The van der Waals surface area contributed by atoms with E-state index in [0.29, 0.717) is 0 Å². The van der Waals surface area contributed by atoms with Crippen LogP contribution in [0.1, 0.15) is 115 Å². The average Bonchev–Trinajstić information content (AvgIpc) is 2.84. The molecule has 0 bridgehead atoms. The van der Waals surface area contributed by atoms with Crippen LogP contribution in [0.5, 0.6) is 0 Å². The maximum absolute atomic E-state index is 4.75. The molecular formula is C31H47N. The van der Waals surface area contributed by atoms with E-state index in [1.165, 1.54) is 113 Å². The number of hydrogen-bond acceptors (Lipinski definition) is 1. The molecule has 176 valence electrons. The van der Waals surface area contributed by atoms with Crippen LogP contribution in [0.15, 0.2) is 42.6 Å². The molecule has 0 N–H and O–H groups in total. The van der Waals surface area contributed by atoms with Crippen LogP contribution in [-0.2, 0) is 12.8 Å². The van der Waals surface area contributed by atoms with Gasteiger partial charge in [0.1, 0.15) is 0 Å². The molecule has 2 unspecified atom stereocenters. The van der Waals surface area contributed by atoms with E-state index in [1.807, 2.05) is 0 Å². The molecule has 1 nitrogen and oxygen atoms in total. The molecule has 0 saturated heterocycles. The van der Waals surface area contributed by atoms with Crippen molar-refractivity contribution in [1.82, 2.24) is 4.98 Å². The van der Waals surface area contributed by atoms with Crippen LogP contribution >= 0.6 is 0 Å². The summed E-state index contributed by atoms with van der Waals surface area (Å²) < 4.78 is 0. The van der Waals surface area contributed by atoms with Gasteiger partial charge in [-0.05, 0) is 61.1 Å². The fourth-order valence-electron chi connectivity index (χ4n) is 5.50. The summed E-state index contributed by atoms with van der Waals surface area (Å²) >= 11 is 0. The lowest BCUT2D eigenvalue weighted by molar-refractivity contribution is 0.240. The van der Waals surface area contributed by atoms with Crippen LogP contribution in [0.3, 0.4) is 0 Å². The fourth-order valence-corrected chi connectivity index (χ4v) is 5.50. The second-order valence-corrected chi connectivity index (χ2v) is 10.3. The van der Waals surface area contributed by atoms with E-state index in [-0.39, 0.29) is 0 Å². The summed E-state index contributed by atoms with van der Waals surface area (Å²) in [7, 11) is 0. The van der Waals surface area contributed by atoms with E-state index in [9.17, 15) is 0 Å². The molecule has 0 radical (unpaired) electrons. The van der Waals surface area contributed by atoms with Crippen LogP contribution in [0, 0.1) is 11.8 Å². The Morgan fingerprint density at radius 3 is 2.09 bits per heavy atom. The van der Waals surface area contributed by atoms with Gasteiger partial charge in [0, 0.05) is 11.8 Å². The van der Waals surface area contributed by atoms with Crippen molar-refractivity contribution in [3.8, 4) is 11.3 Å². The SMILES string of the molecule is CCCCCCCc1ccc(-c2ccc(CCC3CCCC(CCCCC)C3)cc2)nc1. The summed E-state index contributed by atoms with van der Waals surface area (Å²) in [6.45, 7) is 4.59. The van der Waals surface area contributed by atoms with Crippen LogP contribution in [0.25, 0.3) is 11.3 Å². The molecular weight excluding hydrogens is 386 g/mol. The maximum atomic E-state index is 4.75. The van der Waals surface area contributed by atoms with Crippen molar-refractivity contribution in [2.75, 3.05) is 0 Å². The van der Waals surface area contributed by atoms with Gasteiger partial charge in [0.2, 0.25) is 0 Å². The molecule has 1 aromatic carbocycles.